The summed E-state index contributed by atoms with van der Waals surface area (Å²) in [5.41, 5.74) is 3.50. The molecule has 0 fully saturated rings. The van der Waals surface area contributed by atoms with E-state index in [1.807, 2.05) is 37.4 Å². The van der Waals surface area contributed by atoms with Crippen LogP contribution in [0.3, 0.4) is 0 Å². The van der Waals surface area contributed by atoms with E-state index >= 15 is 0 Å². The summed E-state index contributed by atoms with van der Waals surface area (Å²) in [6.45, 7) is 4.00. The summed E-state index contributed by atoms with van der Waals surface area (Å²) < 4.78 is 28.2. The van der Waals surface area contributed by atoms with Gasteiger partial charge in [0.1, 0.15) is 10.7 Å². The van der Waals surface area contributed by atoms with Crippen LogP contribution < -0.4 is 4.72 Å². The molecule has 4 heterocycles. The average Bonchev–Trinajstić information content (AvgIpc) is 3.42. The van der Waals surface area contributed by atoms with Gasteiger partial charge in [0.25, 0.3) is 0 Å². The van der Waals surface area contributed by atoms with E-state index < -0.39 is 10.0 Å². The second-order valence-corrected chi connectivity index (χ2v) is 10.4. The van der Waals surface area contributed by atoms with Crippen LogP contribution in [0.25, 0.3) is 21.1 Å². The SMILES string of the molecule is Cc1cc(-c2cc(S(=O)(=O)NCCc3csc(-c4cccnc4)n3)c(C)s2)n[nH]1. The van der Waals surface area contributed by atoms with Gasteiger partial charge in [0, 0.05) is 46.9 Å². The Morgan fingerprint density at radius 2 is 2.10 bits per heavy atom. The molecule has 4 aromatic heterocycles. The van der Waals surface area contributed by atoms with E-state index in [2.05, 4.69) is 24.9 Å². The number of nitrogens with zero attached hydrogens (tertiary/aromatic N) is 3. The van der Waals surface area contributed by atoms with Crippen LogP contribution in [0.15, 0.2) is 46.9 Å². The molecule has 0 unspecified atom stereocenters. The molecule has 0 aliphatic rings. The lowest BCUT2D eigenvalue weighted by Gasteiger charge is -2.05. The Bertz CT molecular complexity index is 1230. The highest BCUT2D eigenvalue weighted by atomic mass is 32.2. The molecule has 0 radical (unpaired) electrons. The van der Waals surface area contributed by atoms with Gasteiger partial charge >= 0.3 is 0 Å². The molecule has 0 aromatic carbocycles. The van der Waals surface area contributed by atoms with Gasteiger partial charge in [-0.3, -0.25) is 10.1 Å². The van der Waals surface area contributed by atoms with Gasteiger partial charge in [-0.05, 0) is 38.1 Å². The van der Waals surface area contributed by atoms with Crippen molar-refractivity contribution in [2.24, 2.45) is 0 Å². The normalized spacial score (nSPS) is 11.8. The van der Waals surface area contributed by atoms with Crippen LogP contribution in [0, 0.1) is 13.8 Å². The van der Waals surface area contributed by atoms with Crippen LogP contribution in [0.5, 0.6) is 0 Å². The van der Waals surface area contributed by atoms with Crippen molar-refractivity contribution < 1.29 is 8.42 Å². The quantitative estimate of drug-likeness (QED) is 0.451. The van der Waals surface area contributed by atoms with E-state index in [1.165, 1.54) is 22.7 Å². The average molecular weight is 446 g/mol. The van der Waals surface area contributed by atoms with Crippen molar-refractivity contribution in [3.05, 3.63) is 58.3 Å². The van der Waals surface area contributed by atoms with Crippen LogP contribution in [0.1, 0.15) is 16.3 Å². The molecule has 7 nitrogen and oxygen atoms in total. The van der Waals surface area contributed by atoms with Crippen molar-refractivity contribution in [1.82, 2.24) is 24.9 Å². The first-order valence-corrected chi connectivity index (χ1v) is 12.1. The Balaban J connectivity index is 1.42. The number of aryl methyl sites for hydroxylation is 2. The summed E-state index contributed by atoms with van der Waals surface area (Å²) in [6.07, 6.45) is 4.01. The summed E-state index contributed by atoms with van der Waals surface area (Å²) in [6, 6.07) is 7.40. The maximum absolute atomic E-state index is 12.8. The summed E-state index contributed by atoms with van der Waals surface area (Å²) in [7, 11) is -3.60. The lowest BCUT2D eigenvalue weighted by Crippen LogP contribution is -2.26. The molecule has 0 amide bonds. The number of aromatic nitrogens is 4. The second-order valence-electron chi connectivity index (χ2n) is 6.50. The summed E-state index contributed by atoms with van der Waals surface area (Å²) in [5.74, 6) is 0. The van der Waals surface area contributed by atoms with Crippen LogP contribution >= 0.6 is 22.7 Å². The zero-order valence-corrected chi connectivity index (χ0v) is 18.3. The molecule has 0 saturated carbocycles. The van der Waals surface area contributed by atoms with Gasteiger partial charge in [-0.25, -0.2) is 18.1 Å². The molecule has 0 atom stereocenters. The van der Waals surface area contributed by atoms with Gasteiger partial charge in [0.15, 0.2) is 0 Å². The van der Waals surface area contributed by atoms with Gasteiger partial charge in [-0.2, -0.15) is 5.10 Å². The number of hydrogen-bond donors (Lipinski definition) is 2. The Labute approximate surface area is 176 Å². The largest absolute Gasteiger partial charge is 0.282 e. The Morgan fingerprint density at radius 1 is 1.24 bits per heavy atom. The topological polar surface area (TPSA) is 101 Å². The highest BCUT2D eigenvalue weighted by Crippen LogP contribution is 2.32. The molecular formula is C19H19N5O2S3. The Hall–Kier alpha value is -2.40. The first-order chi connectivity index (χ1) is 13.9. The van der Waals surface area contributed by atoms with E-state index in [9.17, 15) is 8.42 Å². The standard InChI is InChI=1S/C19H19N5O2S3/c1-12-8-16(24-23-12)17-9-18(13(2)28-17)29(25,26)21-7-5-15-11-27-19(22-15)14-4-3-6-20-10-14/h3-4,6,8-11,21H,5,7H2,1-2H3,(H,23,24). The minimum absolute atomic E-state index is 0.282. The third-order valence-corrected chi connectivity index (χ3v) is 7.98. The van der Waals surface area contributed by atoms with E-state index in [-0.39, 0.29) is 6.54 Å². The van der Waals surface area contributed by atoms with E-state index in [0.717, 1.165) is 37.4 Å². The summed E-state index contributed by atoms with van der Waals surface area (Å²) in [5, 5.41) is 9.92. The molecule has 0 aliphatic carbocycles. The van der Waals surface area contributed by atoms with Crippen molar-refractivity contribution in [2.45, 2.75) is 25.2 Å². The maximum atomic E-state index is 12.8. The molecule has 2 N–H and O–H groups in total. The van der Waals surface area contributed by atoms with Crippen molar-refractivity contribution in [3.8, 4) is 21.1 Å². The molecule has 4 aromatic rings. The molecule has 150 valence electrons. The first kappa shape index (κ1) is 19.9. The van der Waals surface area contributed by atoms with Crippen LogP contribution in [0.4, 0.5) is 0 Å². The predicted molar refractivity (Wildman–Crippen MR) is 116 cm³/mol. The van der Waals surface area contributed by atoms with Crippen molar-refractivity contribution in [2.75, 3.05) is 6.54 Å². The van der Waals surface area contributed by atoms with Gasteiger partial charge in [-0.1, -0.05) is 0 Å². The molecule has 0 bridgehead atoms. The molecule has 0 aliphatic heterocycles. The fourth-order valence-corrected chi connectivity index (χ4v) is 6.26. The molecule has 0 saturated heterocycles. The number of thiophene rings is 1. The molecular weight excluding hydrogens is 426 g/mol. The number of sulfonamides is 1. The van der Waals surface area contributed by atoms with Crippen molar-refractivity contribution in [1.29, 1.82) is 0 Å². The maximum Gasteiger partial charge on any atom is 0.241 e. The summed E-state index contributed by atoms with van der Waals surface area (Å²) >= 11 is 2.95. The Kier molecular flexibility index (Phi) is 5.59. The third kappa shape index (κ3) is 4.45. The second kappa shape index (κ2) is 8.15. The monoisotopic (exact) mass is 445 g/mol. The van der Waals surface area contributed by atoms with E-state index in [1.54, 1.807) is 18.5 Å². The minimum atomic E-state index is -3.60. The molecule has 4 rings (SSSR count). The van der Waals surface area contributed by atoms with Crippen LogP contribution in [-0.4, -0.2) is 35.1 Å². The number of thiazole rings is 1. The van der Waals surface area contributed by atoms with E-state index in [4.69, 9.17) is 0 Å². The van der Waals surface area contributed by atoms with Gasteiger partial charge in [-0.15, -0.1) is 22.7 Å². The first-order valence-electron chi connectivity index (χ1n) is 8.89. The van der Waals surface area contributed by atoms with Gasteiger partial charge in [0.2, 0.25) is 10.0 Å². The highest BCUT2D eigenvalue weighted by molar-refractivity contribution is 7.89. The van der Waals surface area contributed by atoms with Crippen LogP contribution in [0.2, 0.25) is 0 Å². The molecule has 29 heavy (non-hydrogen) atoms. The van der Waals surface area contributed by atoms with Crippen LogP contribution in [-0.2, 0) is 16.4 Å². The lowest BCUT2D eigenvalue weighted by atomic mass is 10.3. The number of aromatic amines is 1. The summed E-state index contributed by atoms with van der Waals surface area (Å²) in [4.78, 5) is 10.5. The fraction of sp³-hybridized carbons (Fsp3) is 0.211. The van der Waals surface area contributed by atoms with Gasteiger partial charge < -0.3 is 0 Å². The van der Waals surface area contributed by atoms with E-state index in [0.29, 0.717) is 11.3 Å². The number of H-pyrrole nitrogens is 1. The zero-order chi connectivity index (χ0) is 20.4. The third-order valence-electron chi connectivity index (χ3n) is 4.25. The Morgan fingerprint density at radius 3 is 2.83 bits per heavy atom. The van der Waals surface area contributed by atoms with Crippen molar-refractivity contribution in [3.63, 3.8) is 0 Å². The molecule has 0 spiro atoms. The number of rotatable bonds is 7. The van der Waals surface area contributed by atoms with Gasteiger partial charge in [0.05, 0.1) is 15.5 Å². The predicted octanol–water partition coefficient (Wildman–Crippen LogP) is 3.79. The number of nitrogens with one attached hydrogen (secondary N) is 2. The smallest absolute Gasteiger partial charge is 0.241 e. The number of hydrogen-bond acceptors (Lipinski definition) is 7. The lowest BCUT2D eigenvalue weighted by molar-refractivity contribution is 0.581. The highest BCUT2D eigenvalue weighted by Gasteiger charge is 2.21. The number of pyridine rings is 1. The fourth-order valence-electron chi connectivity index (χ4n) is 2.84. The zero-order valence-electron chi connectivity index (χ0n) is 15.8. The van der Waals surface area contributed by atoms with Crippen molar-refractivity contribution >= 4 is 32.7 Å². The minimum Gasteiger partial charge on any atom is -0.282 e. The molecule has 10 heteroatoms.